The van der Waals surface area contributed by atoms with Crippen LogP contribution in [0.3, 0.4) is 0 Å². The predicted molar refractivity (Wildman–Crippen MR) is 129 cm³/mol. The van der Waals surface area contributed by atoms with Gasteiger partial charge in [-0.15, -0.1) is 0 Å². The Bertz CT molecular complexity index is 1150. The van der Waals surface area contributed by atoms with Crippen molar-refractivity contribution in [3.8, 4) is 11.3 Å². The van der Waals surface area contributed by atoms with Gasteiger partial charge in [0.05, 0.1) is 24.3 Å². The number of amides is 2. The number of carbonyl (C=O) groups excluding carboxylic acids is 3. The lowest BCUT2D eigenvalue weighted by molar-refractivity contribution is -0.142. The van der Waals surface area contributed by atoms with Gasteiger partial charge in [0.2, 0.25) is 0 Å². The average molecular weight is 466 g/mol. The second-order valence-electron chi connectivity index (χ2n) is 9.05. The molecule has 0 radical (unpaired) electrons. The van der Waals surface area contributed by atoms with Crippen molar-refractivity contribution in [3.05, 3.63) is 64.4 Å². The first-order chi connectivity index (χ1) is 16.0. The maximum absolute atomic E-state index is 13.1. The van der Waals surface area contributed by atoms with Gasteiger partial charge in [0.15, 0.2) is 0 Å². The molecule has 1 unspecified atom stereocenters. The van der Waals surface area contributed by atoms with Crippen LogP contribution >= 0.6 is 0 Å². The number of hydrogen-bond acceptors (Lipinski definition) is 6. The molecule has 2 aromatic rings. The highest BCUT2D eigenvalue weighted by molar-refractivity contribution is 6.18. The molecule has 0 aliphatic carbocycles. The van der Waals surface area contributed by atoms with Gasteiger partial charge >= 0.3 is 5.97 Å². The molecule has 7 heteroatoms. The predicted octanol–water partition coefficient (Wildman–Crippen LogP) is 4.62. The van der Waals surface area contributed by atoms with Crippen molar-refractivity contribution in [2.75, 3.05) is 6.54 Å². The number of benzene rings is 1. The molecule has 1 aliphatic heterocycles. The van der Waals surface area contributed by atoms with Crippen LogP contribution in [0.25, 0.3) is 17.4 Å². The number of β-amino-alcohol motifs (C(OH)–C–C–N with tert-alkyl or cyclic N) is 1. The zero-order valence-electron chi connectivity index (χ0n) is 20.4. The highest BCUT2D eigenvalue weighted by Crippen LogP contribution is 2.32. The third kappa shape index (κ3) is 5.37. The smallest absolute Gasteiger partial charge is 0.338 e. The Balaban J connectivity index is 1.93. The number of aliphatic hydroxyl groups excluding tert-OH is 1. The van der Waals surface area contributed by atoms with Crippen molar-refractivity contribution >= 4 is 23.9 Å². The third-order valence-corrected chi connectivity index (χ3v) is 5.44. The quantitative estimate of drug-likeness (QED) is 0.364. The molecule has 7 nitrogen and oxygen atoms in total. The lowest BCUT2D eigenvalue weighted by atomic mass is 9.87. The Kier molecular flexibility index (Phi) is 7.57. The van der Waals surface area contributed by atoms with E-state index in [9.17, 15) is 19.5 Å². The summed E-state index contributed by atoms with van der Waals surface area (Å²) in [5, 5.41) is 9.80. The second kappa shape index (κ2) is 10.2. The van der Waals surface area contributed by atoms with Gasteiger partial charge < -0.3 is 14.3 Å². The molecule has 3 rings (SSSR count). The van der Waals surface area contributed by atoms with Gasteiger partial charge in [-0.1, -0.05) is 26.0 Å². The summed E-state index contributed by atoms with van der Waals surface area (Å²) >= 11 is 0. The number of carbonyl (C=O) groups is 3. The maximum atomic E-state index is 13.1. The van der Waals surface area contributed by atoms with Crippen molar-refractivity contribution in [3.63, 3.8) is 0 Å². The molecule has 2 heterocycles. The van der Waals surface area contributed by atoms with E-state index in [1.54, 1.807) is 63.2 Å². The lowest BCUT2D eigenvalue weighted by Crippen LogP contribution is -2.46. The van der Waals surface area contributed by atoms with Crippen molar-refractivity contribution in [1.29, 1.82) is 0 Å². The minimum Gasteiger partial charge on any atom is -0.459 e. The van der Waals surface area contributed by atoms with Crippen LogP contribution in [0.2, 0.25) is 0 Å². The van der Waals surface area contributed by atoms with Crippen LogP contribution < -0.4 is 0 Å². The van der Waals surface area contributed by atoms with Crippen LogP contribution in [-0.4, -0.2) is 46.5 Å². The van der Waals surface area contributed by atoms with Crippen LogP contribution in [0.4, 0.5) is 0 Å². The van der Waals surface area contributed by atoms with Crippen molar-refractivity contribution in [1.82, 2.24) is 4.90 Å². The molecule has 180 valence electrons. The molecule has 0 fully saturated rings. The van der Waals surface area contributed by atoms with Gasteiger partial charge in [0.1, 0.15) is 11.5 Å². The van der Waals surface area contributed by atoms with Gasteiger partial charge in [-0.05, 0) is 69.5 Å². The number of furan rings is 1. The summed E-state index contributed by atoms with van der Waals surface area (Å²) in [4.78, 5) is 39.2. The summed E-state index contributed by atoms with van der Waals surface area (Å²) in [6, 6.07) is 10.4. The number of rotatable bonds is 7. The Morgan fingerprint density at radius 2 is 1.68 bits per heavy atom. The minimum absolute atomic E-state index is 0.0759. The monoisotopic (exact) mass is 465 g/mol. The first-order valence-corrected chi connectivity index (χ1v) is 11.4. The summed E-state index contributed by atoms with van der Waals surface area (Å²) in [6.45, 7) is 10.6. The summed E-state index contributed by atoms with van der Waals surface area (Å²) in [5.74, 6) is -0.280. The van der Waals surface area contributed by atoms with E-state index in [-0.39, 0.29) is 30.4 Å². The van der Waals surface area contributed by atoms with E-state index in [1.165, 1.54) is 6.92 Å². The Morgan fingerprint density at radius 3 is 2.24 bits per heavy atom. The molecular weight excluding hydrogens is 434 g/mol. The van der Waals surface area contributed by atoms with E-state index in [2.05, 4.69) is 0 Å². The topological polar surface area (TPSA) is 97.1 Å². The Morgan fingerprint density at radius 1 is 1.03 bits per heavy atom. The molecule has 1 aliphatic rings. The SMILES string of the molecule is CC1=C(C(C)C)C(=O)N(CC(C)O)C(=O)/C1=C/c1ccc(-c2ccc(C(=O)OC(C)C)cc2)o1. The van der Waals surface area contributed by atoms with Crippen LogP contribution in [0.15, 0.2) is 57.5 Å². The summed E-state index contributed by atoms with van der Waals surface area (Å²) in [7, 11) is 0. The Labute approximate surface area is 199 Å². The van der Waals surface area contributed by atoms with Gasteiger partial charge in [-0.2, -0.15) is 0 Å². The van der Waals surface area contributed by atoms with E-state index in [1.807, 2.05) is 13.8 Å². The first kappa shape index (κ1) is 25.2. The van der Waals surface area contributed by atoms with Crippen molar-refractivity contribution < 1.29 is 28.6 Å². The van der Waals surface area contributed by atoms with Crippen LogP contribution in [-0.2, 0) is 14.3 Å². The van der Waals surface area contributed by atoms with Crippen molar-refractivity contribution in [2.24, 2.45) is 5.92 Å². The van der Waals surface area contributed by atoms with E-state index in [0.717, 1.165) is 10.5 Å². The standard InChI is InChI=1S/C27H31NO6/c1-15(2)24-18(6)22(25(30)28(26(24)31)14-17(5)29)13-21-11-12-23(34-21)19-7-9-20(10-8-19)27(32)33-16(3)4/h7-13,15-17,29H,14H2,1-6H3/b22-13+. The highest BCUT2D eigenvalue weighted by atomic mass is 16.5. The number of esters is 1. The third-order valence-electron chi connectivity index (χ3n) is 5.44. The van der Waals surface area contributed by atoms with E-state index in [0.29, 0.717) is 33.8 Å². The van der Waals surface area contributed by atoms with Crippen molar-refractivity contribution in [2.45, 2.75) is 53.8 Å². The molecule has 34 heavy (non-hydrogen) atoms. The average Bonchev–Trinajstić information content (AvgIpc) is 3.22. The molecule has 0 saturated heterocycles. The largest absolute Gasteiger partial charge is 0.459 e. The van der Waals surface area contributed by atoms with E-state index < -0.39 is 12.0 Å². The normalized spacial score (nSPS) is 16.7. The van der Waals surface area contributed by atoms with Crippen LogP contribution in [0.5, 0.6) is 0 Å². The molecular formula is C27H31NO6. The molecule has 2 amide bonds. The summed E-state index contributed by atoms with van der Waals surface area (Å²) < 4.78 is 11.2. The van der Waals surface area contributed by atoms with Gasteiger partial charge in [0, 0.05) is 16.7 Å². The molecule has 1 aromatic heterocycles. The number of ether oxygens (including phenoxy) is 1. The molecule has 0 saturated carbocycles. The zero-order valence-corrected chi connectivity index (χ0v) is 20.4. The number of aliphatic hydroxyl groups is 1. The number of nitrogens with zero attached hydrogens (tertiary/aromatic N) is 1. The maximum Gasteiger partial charge on any atom is 0.338 e. The Hall–Kier alpha value is -3.45. The van der Waals surface area contributed by atoms with Crippen LogP contribution in [0, 0.1) is 5.92 Å². The van der Waals surface area contributed by atoms with Crippen LogP contribution in [0.1, 0.15) is 57.7 Å². The fourth-order valence-corrected chi connectivity index (χ4v) is 3.91. The van der Waals surface area contributed by atoms with Gasteiger partial charge in [0.25, 0.3) is 11.8 Å². The van der Waals surface area contributed by atoms with Gasteiger partial charge in [-0.25, -0.2) is 4.79 Å². The van der Waals surface area contributed by atoms with E-state index in [4.69, 9.17) is 9.15 Å². The fourth-order valence-electron chi connectivity index (χ4n) is 3.91. The summed E-state index contributed by atoms with van der Waals surface area (Å²) in [5.41, 5.74) is 2.72. The molecule has 1 aromatic carbocycles. The number of hydrogen-bond donors (Lipinski definition) is 1. The number of imide groups is 1. The second-order valence-corrected chi connectivity index (χ2v) is 9.05. The zero-order chi connectivity index (χ0) is 25.2. The molecule has 1 atom stereocenters. The van der Waals surface area contributed by atoms with E-state index >= 15 is 0 Å². The highest BCUT2D eigenvalue weighted by Gasteiger charge is 2.36. The minimum atomic E-state index is -0.836. The molecule has 0 spiro atoms. The first-order valence-electron chi connectivity index (χ1n) is 11.4. The molecule has 1 N–H and O–H groups in total. The lowest BCUT2D eigenvalue weighted by Gasteiger charge is -2.31. The fraction of sp³-hybridized carbons (Fsp3) is 0.370. The summed E-state index contributed by atoms with van der Waals surface area (Å²) in [6.07, 6.45) is 0.590. The molecule has 0 bridgehead atoms. The van der Waals surface area contributed by atoms with Gasteiger partial charge in [-0.3, -0.25) is 14.5 Å².